The van der Waals surface area contributed by atoms with Crippen molar-refractivity contribution in [3.8, 4) is 0 Å². The Hall–Kier alpha value is -7.31. The number of H-pyrrole nitrogens is 1. The van der Waals surface area contributed by atoms with Gasteiger partial charge in [0.2, 0.25) is 53.2 Å². The van der Waals surface area contributed by atoms with Crippen LogP contribution in [0.2, 0.25) is 0 Å². The lowest BCUT2D eigenvalue weighted by molar-refractivity contribution is -0.142. The molecule has 1 aromatic rings. The Balaban J connectivity index is 3.43. The summed E-state index contributed by atoms with van der Waals surface area (Å²) in [5.41, 5.74) is 23.5. The van der Waals surface area contributed by atoms with E-state index in [1.807, 2.05) is 0 Å². The van der Waals surface area contributed by atoms with Gasteiger partial charge in [0, 0.05) is 24.7 Å². The molecule has 11 atom stereocenters. The molecule has 0 spiro atoms. The Kier molecular flexibility index (Phi) is 34.1. The van der Waals surface area contributed by atoms with Crippen molar-refractivity contribution < 1.29 is 72.9 Å². The molecule has 0 aromatic carbocycles. The largest absolute Gasteiger partial charge is 0.481 e. The number of aromatic nitrogens is 2. The maximum atomic E-state index is 14.3. The third-order valence-corrected chi connectivity index (χ3v) is 13.4. The average Bonchev–Trinajstić information content (AvgIpc) is 3.99. The minimum absolute atomic E-state index is 0.0424. The van der Waals surface area contributed by atoms with Gasteiger partial charge in [0.15, 0.2) is 0 Å². The van der Waals surface area contributed by atoms with E-state index in [9.17, 15) is 72.9 Å². The van der Waals surface area contributed by atoms with E-state index >= 15 is 0 Å². The van der Waals surface area contributed by atoms with Crippen molar-refractivity contribution in [3.05, 3.63) is 18.2 Å². The van der Waals surface area contributed by atoms with E-state index in [4.69, 9.17) is 22.9 Å². The number of imidazole rings is 1. The molecule has 0 saturated heterocycles. The van der Waals surface area contributed by atoms with Gasteiger partial charge in [-0.05, 0) is 109 Å². The highest BCUT2D eigenvalue weighted by Gasteiger charge is 2.38. The molecule has 9 amide bonds. The number of carboxylic acids is 3. The molecule has 82 heavy (non-hydrogen) atoms. The van der Waals surface area contributed by atoms with Crippen LogP contribution in [0.5, 0.6) is 0 Å². The molecule has 0 aliphatic heterocycles. The number of carbonyl (C=O) groups excluding carboxylic acids is 9. The van der Waals surface area contributed by atoms with Crippen LogP contribution in [0.1, 0.15) is 138 Å². The Labute approximate surface area is 477 Å². The number of nitrogens with zero attached hydrogens (tertiary/aromatic N) is 1. The monoisotopic (exact) mass is 1170 g/mol. The van der Waals surface area contributed by atoms with Crippen molar-refractivity contribution in [3.63, 3.8) is 0 Å². The van der Waals surface area contributed by atoms with Gasteiger partial charge in [0.05, 0.1) is 18.8 Å². The van der Waals surface area contributed by atoms with Crippen LogP contribution in [0.4, 0.5) is 0 Å². The second-order valence-corrected chi connectivity index (χ2v) is 21.0. The maximum Gasteiger partial charge on any atom is 0.326 e. The number of nitrogens with two attached hydrogens (primary N) is 4. The molecule has 30 heteroatoms. The first kappa shape index (κ1) is 72.7. The Bertz CT molecular complexity index is 2250. The zero-order valence-electron chi connectivity index (χ0n) is 48.2. The molecule has 30 nitrogen and oxygen atoms in total. The smallest absolute Gasteiger partial charge is 0.326 e. The molecular weight excluding hydrogens is 1070 g/mol. The zero-order chi connectivity index (χ0) is 62.2. The standard InChI is InChI=1S/C52H91N15O15/c1-8-29(6)42(67-47(76)34(16-10-13-21-54)60-46(75)35(18-19-38(68)69)62-49(78)40(27(2)3)65-44(73)32(56)23-31-25-57-26-58-31)51(80)66-41(28(4)5)50(79)64-37(24-39(70)71)48(77)61-33(15-9-12-20-53)45(74)59-30(7)43(72)63-36(52(81)82)17-11-14-22-55/h25-30,32-37,40-42H,8-24,53-56H2,1-7H3,(H,57,58)(H,59,74)(H,60,75)(H,61,77)(H,62,78)(H,63,72)(H,64,79)(H,65,73)(H,66,80)(H,67,76)(H,68,69)(H,70,71)(H,81,82)/t29-,30-,32-,33-,34-,35-,36-,37-,40-,41-,42-/m0/s1. The molecule has 1 rings (SSSR count). The molecule has 1 heterocycles. The highest BCUT2D eigenvalue weighted by molar-refractivity contribution is 5.99. The Morgan fingerprint density at radius 1 is 0.488 bits per heavy atom. The van der Waals surface area contributed by atoms with E-state index in [1.165, 1.54) is 19.4 Å². The summed E-state index contributed by atoms with van der Waals surface area (Å²) in [4.78, 5) is 166. The number of amides is 9. The van der Waals surface area contributed by atoms with Crippen LogP contribution >= 0.6 is 0 Å². The lowest BCUT2D eigenvalue weighted by Gasteiger charge is -2.31. The van der Waals surface area contributed by atoms with Crippen LogP contribution in [0.15, 0.2) is 12.5 Å². The van der Waals surface area contributed by atoms with Gasteiger partial charge in [-0.3, -0.25) is 52.7 Å². The van der Waals surface area contributed by atoms with Crippen molar-refractivity contribution in [2.45, 2.75) is 199 Å². The lowest BCUT2D eigenvalue weighted by Crippen LogP contribution is -2.62. The van der Waals surface area contributed by atoms with Crippen LogP contribution in [-0.4, -0.2) is 176 Å². The van der Waals surface area contributed by atoms with Crippen LogP contribution in [0.3, 0.4) is 0 Å². The van der Waals surface area contributed by atoms with Gasteiger partial charge in [-0.2, -0.15) is 0 Å². The summed E-state index contributed by atoms with van der Waals surface area (Å²) in [5, 5.41) is 51.6. The van der Waals surface area contributed by atoms with Crippen molar-refractivity contribution in [2.75, 3.05) is 19.6 Å². The van der Waals surface area contributed by atoms with Crippen LogP contribution in [0.25, 0.3) is 0 Å². The molecule has 0 aliphatic rings. The third-order valence-electron chi connectivity index (χ3n) is 13.4. The summed E-state index contributed by atoms with van der Waals surface area (Å²) in [7, 11) is 0. The van der Waals surface area contributed by atoms with E-state index in [0.717, 1.165) is 0 Å². The van der Waals surface area contributed by atoms with E-state index in [1.54, 1.807) is 41.5 Å². The van der Waals surface area contributed by atoms with Crippen LogP contribution in [-0.2, 0) is 64.0 Å². The molecule has 1 aromatic heterocycles. The minimum Gasteiger partial charge on any atom is -0.481 e. The fourth-order valence-corrected chi connectivity index (χ4v) is 8.19. The van der Waals surface area contributed by atoms with Gasteiger partial charge in [-0.25, -0.2) is 9.78 Å². The van der Waals surface area contributed by atoms with E-state index in [0.29, 0.717) is 37.9 Å². The number of aliphatic carboxylic acids is 3. The number of hydrogen-bond donors (Lipinski definition) is 17. The fourth-order valence-electron chi connectivity index (χ4n) is 8.19. The topological polar surface area (TPSA) is 507 Å². The molecule has 464 valence electrons. The Morgan fingerprint density at radius 2 is 0.890 bits per heavy atom. The summed E-state index contributed by atoms with van der Waals surface area (Å²) < 4.78 is 0. The van der Waals surface area contributed by atoms with E-state index in [-0.39, 0.29) is 58.0 Å². The van der Waals surface area contributed by atoms with Gasteiger partial charge in [0.1, 0.15) is 54.4 Å². The summed E-state index contributed by atoms with van der Waals surface area (Å²) in [6.07, 6.45) is 3.46. The molecule has 21 N–H and O–H groups in total. The third kappa shape index (κ3) is 27.0. The molecule has 0 unspecified atom stereocenters. The van der Waals surface area contributed by atoms with Gasteiger partial charge < -0.3 is 91.1 Å². The first-order chi connectivity index (χ1) is 38.6. The van der Waals surface area contributed by atoms with Crippen LogP contribution in [0, 0.1) is 17.8 Å². The second kappa shape index (κ2) is 38.4. The van der Waals surface area contributed by atoms with Gasteiger partial charge in [-0.15, -0.1) is 0 Å². The zero-order valence-corrected chi connectivity index (χ0v) is 48.2. The highest BCUT2D eigenvalue weighted by Crippen LogP contribution is 2.14. The molecule has 0 fully saturated rings. The predicted molar refractivity (Wildman–Crippen MR) is 298 cm³/mol. The maximum absolute atomic E-state index is 14.3. The SMILES string of the molecule is CC[C@H](C)[C@H](NC(=O)[C@H](CCCCN)NC(=O)[C@H](CCC(=O)O)NC(=O)[C@@H](NC(=O)[C@@H](N)Cc1cnc[nH]1)C(C)C)C(=O)N[C@H](C(=O)N[C@@H](CC(=O)O)C(=O)N[C@@H](CCCCN)C(=O)N[C@@H](C)C(=O)N[C@@H](CCCCN)C(=O)O)C(C)C. The number of aromatic amines is 1. The van der Waals surface area contributed by atoms with Gasteiger partial charge in [-0.1, -0.05) is 48.0 Å². The summed E-state index contributed by atoms with van der Waals surface area (Å²) in [5.74, 6) is -14.2. The normalized spacial score (nSPS) is 15.3. The lowest BCUT2D eigenvalue weighted by atomic mass is 9.95. The molecule has 0 bridgehead atoms. The second-order valence-electron chi connectivity index (χ2n) is 21.0. The first-order valence-corrected chi connectivity index (χ1v) is 27.8. The van der Waals surface area contributed by atoms with E-state index in [2.05, 4.69) is 57.8 Å². The van der Waals surface area contributed by atoms with E-state index < -0.39 is 169 Å². The fraction of sp³-hybridized carbons (Fsp3) is 0.712. The molecular formula is C52H91N15O15. The Morgan fingerprint density at radius 3 is 1.33 bits per heavy atom. The number of hydrogen-bond acceptors (Lipinski definition) is 17. The minimum atomic E-state index is -1.84. The summed E-state index contributed by atoms with van der Waals surface area (Å²) in [6, 6.07) is -14.0. The number of unbranched alkanes of at least 4 members (excludes halogenated alkanes) is 3. The summed E-state index contributed by atoms with van der Waals surface area (Å²) in [6.45, 7) is 11.7. The number of carbonyl (C=O) groups is 12. The number of rotatable bonds is 42. The van der Waals surface area contributed by atoms with Gasteiger partial charge in [0.25, 0.3) is 0 Å². The summed E-state index contributed by atoms with van der Waals surface area (Å²) >= 11 is 0. The van der Waals surface area contributed by atoms with Crippen molar-refractivity contribution >= 4 is 71.1 Å². The average molecular weight is 1170 g/mol. The number of nitrogens with one attached hydrogen (secondary N) is 10. The van der Waals surface area contributed by atoms with Crippen molar-refractivity contribution in [1.82, 2.24) is 57.8 Å². The van der Waals surface area contributed by atoms with Crippen molar-refractivity contribution in [2.24, 2.45) is 40.7 Å². The van der Waals surface area contributed by atoms with Crippen LogP contribution < -0.4 is 70.8 Å². The first-order valence-electron chi connectivity index (χ1n) is 27.8. The predicted octanol–water partition coefficient (Wildman–Crippen LogP) is -3.17. The molecule has 0 saturated carbocycles. The number of carboxylic acid groups (broad SMARTS) is 3. The van der Waals surface area contributed by atoms with Gasteiger partial charge >= 0.3 is 17.9 Å². The van der Waals surface area contributed by atoms with Crippen molar-refractivity contribution in [1.29, 1.82) is 0 Å². The highest BCUT2D eigenvalue weighted by atomic mass is 16.4. The quantitative estimate of drug-likeness (QED) is 0.0287. The molecule has 0 radical (unpaired) electrons. The molecule has 0 aliphatic carbocycles.